The SMILES string of the molecule is [Na+].[O-]/N=[N+](\[O-])N1CCCCCC1. The number of hydrogen-bond donors (Lipinski definition) is 0. The molecule has 0 spiro atoms. The predicted molar refractivity (Wildman–Crippen MR) is 39.5 cm³/mol. The largest absolute Gasteiger partial charge is 1.00 e. The molecule has 0 saturated carbocycles. The van der Waals surface area contributed by atoms with Gasteiger partial charge in [-0.3, -0.25) is 0 Å². The Kier molecular flexibility index (Phi) is 6.51. The van der Waals surface area contributed by atoms with Crippen LogP contribution >= 0.6 is 0 Å². The van der Waals surface area contributed by atoms with Crippen LogP contribution in [0.5, 0.6) is 0 Å². The maximum atomic E-state index is 10.7. The van der Waals surface area contributed by atoms with Gasteiger partial charge in [0.25, 0.3) is 0 Å². The molecule has 0 aliphatic carbocycles. The van der Waals surface area contributed by atoms with E-state index in [2.05, 4.69) is 5.28 Å². The van der Waals surface area contributed by atoms with E-state index in [1.807, 2.05) is 0 Å². The average Bonchev–Trinajstić information content (AvgIpc) is 2.30. The topological polar surface area (TPSA) is 64.7 Å². The van der Waals surface area contributed by atoms with Crippen molar-refractivity contribution < 1.29 is 34.5 Å². The van der Waals surface area contributed by atoms with Gasteiger partial charge in [-0.1, -0.05) is 12.8 Å². The van der Waals surface area contributed by atoms with Gasteiger partial charge in [-0.05, 0) is 18.1 Å². The molecular weight excluding hydrogens is 169 g/mol. The van der Waals surface area contributed by atoms with Gasteiger partial charge in [0, 0.05) is 4.97 Å². The molecule has 64 valence electrons. The summed E-state index contributed by atoms with van der Waals surface area (Å²) in [4.78, 5) is 0.158. The summed E-state index contributed by atoms with van der Waals surface area (Å²) in [6.45, 7) is 1.32. The molecule has 0 N–H and O–H groups in total. The van der Waals surface area contributed by atoms with Gasteiger partial charge in [0.05, 0.1) is 13.1 Å². The Hall–Kier alpha value is 0.0000000000000000555. The number of hydrogen-bond acceptors (Lipinski definition) is 3. The van der Waals surface area contributed by atoms with Crippen LogP contribution in [0.15, 0.2) is 5.28 Å². The van der Waals surface area contributed by atoms with E-state index >= 15 is 0 Å². The number of nitrogens with zero attached hydrogens (tertiary/aromatic N) is 3. The van der Waals surface area contributed by atoms with Crippen molar-refractivity contribution in [3.63, 3.8) is 0 Å². The van der Waals surface area contributed by atoms with Gasteiger partial charge in [-0.25, -0.2) is 0 Å². The maximum Gasteiger partial charge on any atom is 1.00 e. The minimum atomic E-state index is 0. The zero-order valence-electron chi connectivity index (χ0n) is 7.40. The molecule has 1 fully saturated rings. The molecule has 5 nitrogen and oxygen atoms in total. The van der Waals surface area contributed by atoms with Gasteiger partial charge in [-0.15, -0.1) is 5.01 Å². The van der Waals surface area contributed by atoms with Crippen molar-refractivity contribution in [2.45, 2.75) is 25.7 Å². The zero-order valence-corrected chi connectivity index (χ0v) is 9.40. The first kappa shape index (κ1) is 12.0. The smallest absolute Gasteiger partial charge is 0.737 e. The second-order valence-electron chi connectivity index (χ2n) is 2.70. The van der Waals surface area contributed by atoms with Gasteiger partial charge >= 0.3 is 29.6 Å². The fraction of sp³-hybridized carbons (Fsp3) is 1.00. The van der Waals surface area contributed by atoms with Crippen LogP contribution in [-0.2, 0) is 0 Å². The van der Waals surface area contributed by atoms with Gasteiger partial charge < -0.3 is 10.4 Å². The quantitative estimate of drug-likeness (QED) is 0.208. The summed E-state index contributed by atoms with van der Waals surface area (Å²) in [5, 5.41) is 24.3. The van der Waals surface area contributed by atoms with E-state index in [-0.39, 0.29) is 34.5 Å². The van der Waals surface area contributed by atoms with Crippen molar-refractivity contribution in [1.29, 1.82) is 0 Å². The fourth-order valence-corrected chi connectivity index (χ4v) is 1.28. The monoisotopic (exact) mass is 181 g/mol. The van der Waals surface area contributed by atoms with Crippen LogP contribution in [0.3, 0.4) is 0 Å². The average molecular weight is 181 g/mol. The molecule has 0 aromatic rings. The minimum Gasteiger partial charge on any atom is -0.737 e. The molecule has 0 aromatic heterocycles. The second kappa shape index (κ2) is 6.51. The summed E-state index contributed by atoms with van der Waals surface area (Å²) in [5.74, 6) is 0. The minimum absolute atomic E-state index is 0. The third kappa shape index (κ3) is 3.60. The molecule has 0 amide bonds. The van der Waals surface area contributed by atoms with Crippen molar-refractivity contribution in [2.75, 3.05) is 13.1 Å². The van der Waals surface area contributed by atoms with Gasteiger partial charge in [0.15, 0.2) is 0 Å². The first-order chi connectivity index (χ1) is 5.34. The molecule has 0 atom stereocenters. The first-order valence-electron chi connectivity index (χ1n) is 3.90. The van der Waals surface area contributed by atoms with Crippen LogP contribution in [0.4, 0.5) is 0 Å². The first-order valence-corrected chi connectivity index (χ1v) is 3.90. The molecule has 1 rings (SSSR count). The van der Waals surface area contributed by atoms with Crippen molar-refractivity contribution >= 4 is 0 Å². The van der Waals surface area contributed by atoms with Gasteiger partial charge in [-0.2, -0.15) is 0 Å². The van der Waals surface area contributed by atoms with Crippen LogP contribution < -0.4 is 29.6 Å². The van der Waals surface area contributed by atoms with E-state index in [9.17, 15) is 10.4 Å². The van der Waals surface area contributed by atoms with Crippen molar-refractivity contribution in [3.05, 3.63) is 10.4 Å². The van der Waals surface area contributed by atoms with E-state index in [4.69, 9.17) is 0 Å². The van der Waals surface area contributed by atoms with E-state index in [0.29, 0.717) is 13.1 Å². The summed E-state index contributed by atoms with van der Waals surface area (Å²) >= 11 is 0. The molecule has 0 aromatic carbocycles. The third-order valence-electron chi connectivity index (χ3n) is 1.89. The van der Waals surface area contributed by atoms with E-state index in [1.54, 1.807) is 0 Å². The Morgan fingerprint density at radius 2 is 1.58 bits per heavy atom. The maximum absolute atomic E-state index is 10.7. The Balaban J connectivity index is 0.00000121. The Labute approximate surface area is 93.9 Å². The van der Waals surface area contributed by atoms with E-state index in [1.165, 1.54) is 5.01 Å². The molecule has 1 heterocycles. The molecule has 0 radical (unpaired) electrons. The van der Waals surface area contributed by atoms with E-state index < -0.39 is 0 Å². The normalized spacial score (nSPS) is 19.7. The summed E-state index contributed by atoms with van der Waals surface area (Å²) in [7, 11) is 0. The summed E-state index contributed by atoms with van der Waals surface area (Å²) in [5.41, 5.74) is 0. The molecule has 1 saturated heterocycles. The Bertz CT molecular complexity index is 146. The fourth-order valence-electron chi connectivity index (χ4n) is 1.28. The summed E-state index contributed by atoms with van der Waals surface area (Å²) in [6.07, 6.45) is 4.24. The van der Waals surface area contributed by atoms with Crippen LogP contribution in [0.25, 0.3) is 0 Å². The number of rotatable bonds is 1. The van der Waals surface area contributed by atoms with E-state index in [0.717, 1.165) is 25.7 Å². The molecule has 0 unspecified atom stereocenters. The molecule has 1 aliphatic rings. The summed E-state index contributed by atoms with van der Waals surface area (Å²) in [6, 6.07) is 0. The van der Waals surface area contributed by atoms with Crippen molar-refractivity contribution in [1.82, 2.24) is 5.01 Å². The predicted octanol–water partition coefficient (Wildman–Crippen LogP) is -1.76. The Morgan fingerprint density at radius 3 is 2.00 bits per heavy atom. The van der Waals surface area contributed by atoms with Crippen LogP contribution in [0.2, 0.25) is 0 Å². The Morgan fingerprint density at radius 1 is 1.08 bits per heavy atom. The van der Waals surface area contributed by atoms with Gasteiger partial charge in [0.1, 0.15) is 0 Å². The molecule has 1 aliphatic heterocycles. The summed E-state index contributed by atoms with van der Waals surface area (Å²) < 4.78 is 0. The van der Waals surface area contributed by atoms with Crippen LogP contribution in [0.1, 0.15) is 25.7 Å². The van der Waals surface area contributed by atoms with Gasteiger partial charge in [0.2, 0.25) is 0 Å². The third-order valence-corrected chi connectivity index (χ3v) is 1.89. The molecule has 12 heavy (non-hydrogen) atoms. The zero-order chi connectivity index (χ0) is 8.10. The number of hydrazine groups is 1. The molecule has 0 bridgehead atoms. The van der Waals surface area contributed by atoms with Crippen LogP contribution in [0, 0.1) is 10.4 Å². The standard InChI is InChI=1S/C6H13N3O2.Na/c10-7-9(11)8-5-3-1-2-4-6-8;/h10H,1-6H2;/q;+1/p-1/b9-7-;. The van der Waals surface area contributed by atoms with Crippen molar-refractivity contribution in [3.8, 4) is 0 Å². The second-order valence-corrected chi connectivity index (χ2v) is 2.70. The van der Waals surface area contributed by atoms with Crippen LogP contribution in [-0.4, -0.2) is 23.1 Å². The van der Waals surface area contributed by atoms with Crippen molar-refractivity contribution in [2.24, 2.45) is 5.28 Å². The molecular formula is C6H12N3NaO2. The molecule has 6 heteroatoms.